The van der Waals surface area contributed by atoms with Gasteiger partial charge in [-0.3, -0.25) is 0 Å². The average Bonchev–Trinajstić information content (AvgIpc) is 3.05. The fraction of sp³-hybridized carbons (Fsp3) is 0.450. The summed E-state index contributed by atoms with van der Waals surface area (Å²) >= 11 is 0. The van der Waals surface area contributed by atoms with Crippen molar-refractivity contribution in [3.05, 3.63) is 47.8 Å². The largest absolute Gasteiger partial charge is 0.461 e. The third-order valence-corrected chi connectivity index (χ3v) is 6.89. The van der Waals surface area contributed by atoms with E-state index in [1.165, 1.54) is 26.7 Å². The molecule has 0 unspecified atom stereocenters. The lowest BCUT2D eigenvalue weighted by molar-refractivity contribution is 0.0515. The normalized spacial score (nSPS) is 18.3. The predicted octanol–water partition coefficient (Wildman–Crippen LogP) is 2.41. The molecule has 1 aromatic heterocycles. The molecule has 1 saturated heterocycles. The Morgan fingerprint density at radius 2 is 1.89 bits per heavy atom. The summed E-state index contributed by atoms with van der Waals surface area (Å²) in [6.45, 7) is 7.42. The zero-order valence-electron chi connectivity index (χ0n) is 16.8. The second-order valence-electron chi connectivity index (χ2n) is 7.13. The number of ether oxygens (including phenoxy) is 1. The van der Waals surface area contributed by atoms with Gasteiger partial charge in [-0.05, 0) is 39.0 Å². The maximum atomic E-state index is 13.1. The number of anilines is 1. The summed E-state index contributed by atoms with van der Waals surface area (Å²) in [5.74, 6) is -0.524. The predicted molar refractivity (Wildman–Crippen MR) is 108 cm³/mol. The monoisotopic (exact) mass is 405 g/mol. The minimum atomic E-state index is -3.68. The van der Waals surface area contributed by atoms with Gasteiger partial charge in [0, 0.05) is 44.6 Å². The van der Waals surface area contributed by atoms with Crippen LogP contribution < -0.4 is 4.90 Å². The van der Waals surface area contributed by atoms with Gasteiger partial charge in [-0.25, -0.2) is 13.2 Å². The molecule has 0 spiro atoms. The van der Waals surface area contributed by atoms with Crippen molar-refractivity contribution in [2.75, 3.05) is 31.1 Å². The zero-order chi connectivity index (χ0) is 20.5. The van der Waals surface area contributed by atoms with Crippen LogP contribution in [-0.2, 0) is 21.8 Å². The molecule has 0 amide bonds. The van der Waals surface area contributed by atoms with Crippen LogP contribution in [0.2, 0.25) is 0 Å². The fourth-order valence-electron chi connectivity index (χ4n) is 3.49. The van der Waals surface area contributed by atoms with E-state index >= 15 is 0 Å². The van der Waals surface area contributed by atoms with Crippen molar-refractivity contribution in [1.29, 1.82) is 0 Å². The van der Waals surface area contributed by atoms with Crippen molar-refractivity contribution < 1.29 is 17.9 Å². The summed E-state index contributed by atoms with van der Waals surface area (Å²) < 4.78 is 34.2. The molecule has 1 aliphatic rings. The van der Waals surface area contributed by atoms with E-state index in [9.17, 15) is 13.2 Å². The van der Waals surface area contributed by atoms with Gasteiger partial charge in [-0.2, -0.15) is 4.31 Å². The van der Waals surface area contributed by atoms with Crippen LogP contribution in [0.5, 0.6) is 0 Å². The first-order chi connectivity index (χ1) is 13.2. The first-order valence-corrected chi connectivity index (χ1v) is 10.8. The van der Waals surface area contributed by atoms with Gasteiger partial charge in [0.1, 0.15) is 10.6 Å². The highest BCUT2D eigenvalue weighted by Gasteiger charge is 2.33. The molecule has 0 saturated carbocycles. The summed E-state index contributed by atoms with van der Waals surface area (Å²) in [5.41, 5.74) is 2.52. The van der Waals surface area contributed by atoms with E-state index in [0.29, 0.717) is 19.6 Å². The van der Waals surface area contributed by atoms with E-state index in [1.807, 2.05) is 13.8 Å². The smallest absolute Gasteiger partial charge is 0.354 e. The Hall–Kier alpha value is -2.32. The standard InChI is InChI=1S/C20H27N3O4S/c1-5-27-20(24)19-12-18(14-21(19)4)28(25,26)22-10-11-23(16(3)13-22)17-8-6-15(2)7-9-17/h6-9,12,14,16H,5,10-11,13H2,1-4H3/t16-/m1/s1. The lowest BCUT2D eigenvalue weighted by atomic mass is 10.1. The molecule has 152 valence electrons. The quantitative estimate of drug-likeness (QED) is 0.715. The fourth-order valence-corrected chi connectivity index (χ4v) is 5.08. The van der Waals surface area contributed by atoms with E-state index in [-0.39, 0.29) is 23.2 Å². The number of esters is 1. The Bertz CT molecular complexity index is 950. The van der Waals surface area contributed by atoms with Crippen LogP contribution in [0, 0.1) is 6.92 Å². The number of carbonyl (C=O) groups excluding carboxylic acids is 1. The molecule has 8 heteroatoms. The number of nitrogens with zero attached hydrogens (tertiary/aromatic N) is 3. The van der Waals surface area contributed by atoms with Crippen molar-refractivity contribution >= 4 is 21.7 Å². The Balaban J connectivity index is 1.78. The number of carbonyl (C=O) groups is 1. The van der Waals surface area contributed by atoms with Gasteiger partial charge < -0.3 is 14.2 Å². The van der Waals surface area contributed by atoms with Crippen molar-refractivity contribution in [1.82, 2.24) is 8.87 Å². The molecule has 0 radical (unpaired) electrons. The molecule has 2 aromatic rings. The van der Waals surface area contributed by atoms with Gasteiger partial charge in [0.15, 0.2) is 0 Å². The van der Waals surface area contributed by atoms with Crippen molar-refractivity contribution in [2.45, 2.75) is 31.7 Å². The molecule has 3 rings (SSSR count). The summed E-state index contributed by atoms with van der Waals surface area (Å²) in [6, 6.07) is 9.69. The van der Waals surface area contributed by atoms with E-state index < -0.39 is 16.0 Å². The van der Waals surface area contributed by atoms with E-state index in [0.717, 1.165) is 5.69 Å². The lowest BCUT2D eigenvalue weighted by Gasteiger charge is -2.40. The van der Waals surface area contributed by atoms with Crippen LogP contribution in [0.4, 0.5) is 5.69 Å². The molecule has 0 bridgehead atoms. The molecule has 28 heavy (non-hydrogen) atoms. The molecule has 0 N–H and O–H groups in total. The highest BCUT2D eigenvalue weighted by Crippen LogP contribution is 2.25. The highest BCUT2D eigenvalue weighted by atomic mass is 32.2. The summed E-state index contributed by atoms with van der Waals surface area (Å²) in [4.78, 5) is 14.3. The molecular formula is C20H27N3O4S. The Kier molecular flexibility index (Phi) is 5.81. The first kappa shape index (κ1) is 20.4. The van der Waals surface area contributed by atoms with Gasteiger partial charge in [0.05, 0.1) is 6.61 Å². The molecular weight excluding hydrogens is 378 g/mol. The van der Waals surface area contributed by atoms with Crippen LogP contribution >= 0.6 is 0 Å². The number of rotatable bonds is 5. The van der Waals surface area contributed by atoms with Gasteiger partial charge in [-0.15, -0.1) is 0 Å². The van der Waals surface area contributed by atoms with Crippen molar-refractivity contribution in [3.63, 3.8) is 0 Å². The first-order valence-electron chi connectivity index (χ1n) is 9.41. The number of hydrogen-bond acceptors (Lipinski definition) is 5. The topological polar surface area (TPSA) is 71.8 Å². The van der Waals surface area contributed by atoms with Gasteiger partial charge >= 0.3 is 5.97 Å². The van der Waals surface area contributed by atoms with E-state index in [1.54, 1.807) is 14.0 Å². The van der Waals surface area contributed by atoms with Gasteiger partial charge in [-0.1, -0.05) is 17.7 Å². The second kappa shape index (κ2) is 7.97. The molecule has 0 aliphatic carbocycles. The number of hydrogen-bond donors (Lipinski definition) is 0. The van der Waals surface area contributed by atoms with Crippen LogP contribution in [0.15, 0.2) is 41.4 Å². The summed E-state index contributed by atoms with van der Waals surface area (Å²) in [5, 5.41) is 0. The summed E-state index contributed by atoms with van der Waals surface area (Å²) in [6.07, 6.45) is 1.47. The molecule has 1 aliphatic heterocycles. The number of benzene rings is 1. The molecule has 1 aromatic carbocycles. The van der Waals surface area contributed by atoms with E-state index in [2.05, 4.69) is 29.2 Å². The van der Waals surface area contributed by atoms with Crippen molar-refractivity contribution in [2.24, 2.45) is 7.05 Å². The van der Waals surface area contributed by atoms with Crippen molar-refractivity contribution in [3.8, 4) is 0 Å². The number of sulfonamides is 1. The van der Waals surface area contributed by atoms with Crippen LogP contribution in [0.25, 0.3) is 0 Å². The SMILES string of the molecule is CCOC(=O)c1cc(S(=O)(=O)N2CCN(c3ccc(C)cc3)[C@H](C)C2)cn1C. The summed E-state index contributed by atoms with van der Waals surface area (Å²) in [7, 11) is -2.04. The number of piperazine rings is 1. The highest BCUT2D eigenvalue weighted by molar-refractivity contribution is 7.89. The number of aryl methyl sites for hydroxylation is 2. The molecule has 2 heterocycles. The maximum Gasteiger partial charge on any atom is 0.354 e. The molecule has 1 atom stereocenters. The van der Waals surface area contributed by atoms with Gasteiger partial charge in [0.25, 0.3) is 0 Å². The third kappa shape index (κ3) is 3.93. The van der Waals surface area contributed by atoms with Crippen LogP contribution in [0.1, 0.15) is 29.9 Å². The maximum absolute atomic E-state index is 13.1. The molecule has 7 nitrogen and oxygen atoms in total. The Labute approximate surface area is 166 Å². The Morgan fingerprint density at radius 1 is 1.21 bits per heavy atom. The van der Waals surface area contributed by atoms with Gasteiger partial charge in [0.2, 0.25) is 10.0 Å². The number of aromatic nitrogens is 1. The minimum Gasteiger partial charge on any atom is -0.461 e. The minimum absolute atomic E-state index is 0.0412. The average molecular weight is 406 g/mol. The van der Waals surface area contributed by atoms with Crippen LogP contribution in [-0.4, -0.2) is 55.5 Å². The van der Waals surface area contributed by atoms with E-state index in [4.69, 9.17) is 4.74 Å². The third-order valence-electron chi connectivity index (χ3n) is 5.06. The molecule has 1 fully saturated rings. The van der Waals surface area contributed by atoms with Crippen LogP contribution in [0.3, 0.4) is 0 Å². The zero-order valence-corrected chi connectivity index (χ0v) is 17.6. The lowest BCUT2D eigenvalue weighted by Crippen LogP contribution is -2.53. The Morgan fingerprint density at radius 3 is 2.50 bits per heavy atom. The second-order valence-corrected chi connectivity index (χ2v) is 9.07.